The van der Waals surface area contributed by atoms with E-state index in [1.165, 1.54) is 0 Å². The number of hydrogen-bond donors (Lipinski definition) is 4. The molecule has 4 N–H and O–H groups in total. The number of hydrogen-bond acceptors (Lipinski definition) is 6. The molecule has 2 atom stereocenters. The van der Waals surface area contributed by atoms with Gasteiger partial charge in [0.15, 0.2) is 0 Å². The van der Waals surface area contributed by atoms with Crippen LogP contribution in [0.5, 0.6) is 0 Å². The van der Waals surface area contributed by atoms with Crippen molar-refractivity contribution in [3.05, 3.63) is 59.7 Å². The number of amides is 3. The van der Waals surface area contributed by atoms with Crippen LogP contribution in [0.1, 0.15) is 23.5 Å². The Balaban J connectivity index is 1.23. The molecule has 4 rings (SSSR count). The summed E-state index contributed by atoms with van der Waals surface area (Å²) in [7, 11) is 0. The number of alkyl carbamates (subject to hydrolysis) is 1. The van der Waals surface area contributed by atoms with E-state index in [1.807, 2.05) is 48.5 Å². The Bertz CT molecular complexity index is 1070. The van der Waals surface area contributed by atoms with Gasteiger partial charge in [-0.2, -0.15) is 0 Å². The third kappa shape index (κ3) is 4.86. The Hall–Kier alpha value is -3.92. The van der Waals surface area contributed by atoms with Gasteiger partial charge in [0.2, 0.25) is 11.8 Å². The van der Waals surface area contributed by atoms with Gasteiger partial charge in [-0.15, -0.1) is 0 Å². The van der Waals surface area contributed by atoms with E-state index in [1.54, 1.807) is 0 Å². The summed E-state index contributed by atoms with van der Waals surface area (Å²) < 4.78 is 5.35. The summed E-state index contributed by atoms with van der Waals surface area (Å²) in [6, 6.07) is 14.7. The Kier molecular flexibility index (Phi) is 6.78. The summed E-state index contributed by atoms with van der Waals surface area (Å²) in [5.41, 5.74) is 4.34. The molecule has 1 fully saturated rings. The Morgan fingerprint density at radius 1 is 0.941 bits per heavy atom. The normalized spacial score (nSPS) is 18.7. The number of aliphatic carboxylic acids is 1. The number of aliphatic hydroxyl groups excluding tert-OH is 1. The van der Waals surface area contributed by atoms with Gasteiger partial charge >= 0.3 is 12.1 Å². The summed E-state index contributed by atoms with van der Waals surface area (Å²) in [4.78, 5) is 48.6. The molecule has 0 bridgehead atoms. The van der Waals surface area contributed by atoms with Gasteiger partial charge in [0.25, 0.3) is 0 Å². The summed E-state index contributed by atoms with van der Waals surface area (Å²) in [6.07, 6.45) is -1.74. The van der Waals surface area contributed by atoms with Gasteiger partial charge in [-0.25, -0.2) is 9.59 Å². The van der Waals surface area contributed by atoms with Gasteiger partial charge in [0.05, 0.1) is 12.6 Å². The number of likely N-dealkylation sites (tertiary alicyclic amines) is 1. The molecule has 2 aliphatic rings. The second kappa shape index (κ2) is 9.92. The molecular weight excluding hydrogens is 442 g/mol. The second-order valence-corrected chi connectivity index (χ2v) is 8.25. The standard InChI is InChI=1S/C24H25N3O7/c28-14-9-20(23(31)32)27(12-14)22(30)11-25-21(29)10-26-24(33)34-13-19-17-7-3-1-5-15(17)16-6-2-4-8-18(16)19/h1-8,14,19-20,28H,9-13H2,(H,25,29)(H,26,33)(H,31,32)/t14-,20-/m1/s1. The first-order chi connectivity index (χ1) is 16.3. The Morgan fingerprint density at radius 2 is 1.56 bits per heavy atom. The molecule has 0 radical (unpaired) electrons. The molecule has 0 unspecified atom stereocenters. The Labute approximate surface area is 195 Å². The van der Waals surface area contributed by atoms with E-state index in [9.17, 15) is 24.3 Å². The topological polar surface area (TPSA) is 145 Å². The van der Waals surface area contributed by atoms with Crippen LogP contribution in [-0.2, 0) is 19.1 Å². The molecule has 10 nitrogen and oxygen atoms in total. The first kappa shape index (κ1) is 23.2. The molecule has 2 aromatic rings. The number of carboxylic acid groups (broad SMARTS) is 1. The first-order valence-corrected chi connectivity index (χ1v) is 10.9. The van der Waals surface area contributed by atoms with E-state index in [-0.39, 0.29) is 25.5 Å². The van der Waals surface area contributed by atoms with Gasteiger partial charge < -0.3 is 30.5 Å². The van der Waals surface area contributed by atoms with E-state index in [0.29, 0.717) is 0 Å². The fourth-order valence-corrected chi connectivity index (χ4v) is 4.46. The van der Waals surface area contributed by atoms with Crippen molar-refractivity contribution >= 4 is 23.9 Å². The number of ether oxygens (including phenoxy) is 1. The van der Waals surface area contributed by atoms with Gasteiger partial charge in [0, 0.05) is 18.9 Å². The van der Waals surface area contributed by atoms with Crippen molar-refractivity contribution in [1.29, 1.82) is 0 Å². The second-order valence-electron chi connectivity index (χ2n) is 8.25. The lowest BCUT2D eigenvalue weighted by Crippen LogP contribution is -2.47. The molecule has 1 aliphatic heterocycles. The number of fused-ring (bicyclic) bond motifs is 3. The minimum Gasteiger partial charge on any atom is -0.480 e. The van der Waals surface area contributed by atoms with Gasteiger partial charge in [-0.3, -0.25) is 9.59 Å². The minimum absolute atomic E-state index is 0.0572. The average molecular weight is 467 g/mol. The highest BCUT2D eigenvalue weighted by Gasteiger charge is 2.38. The van der Waals surface area contributed by atoms with Crippen molar-refractivity contribution in [2.45, 2.75) is 24.5 Å². The summed E-state index contributed by atoms with van der Waals surface area (Å²) >= 11 is 0. The van der Waals surface area contributed by atoms with Crippen molar-refractivity contribution in [3.8, 4) is 11.1 Å². The van der Waals surface area contributed by atoms with Crippen molar-refractivity contribution in [2.24, 2.45) is 0 Å². The number of carbonyl (C=O) groups is 4. The molecule has 10 heteroatoms. The molecule has 34 heavy (non-hydrogen) atoms. The minimum atomic E-state index is -1.21. The van der Waals surface area contributed by atoms with Crippen LogP contribution in [0.3, 0.4) is 0 Å². The monoisotopic (exact) mass is 467 g/mol. The van der Waals surface area contributed by atoms with Gasteiger partial charge in [-0.05, 0) is 22.3 Å². The van der Waals surface area contributed by atoms with Gasteiger partial charge in [-0.1, -0.05) is 48.5 Å². The maximum Gasteiger partial charge on any atom is 0.407 e. The molecule has 1 aliphatic carbocycles. The van der Waals surface area contributed by atoms with Crippen molar-refractivity contribution in [1.82, 2.24) is 15.5 Å². The number of aliphatic hydroxyl groups is 1. The third-order valence-electron chi connectivity index (χ3n) is 6.06. The van der Waals surface area contributed by atoms with Crippen LogP contribution in [0.25, 0.3) is 11.1 Å². The molecular formula is C24H25N3O7. The van der Waals surface area contributed by atoms with Gasteiger partial charge in [0.1, 0.15) is 19.2 Å². The van der Waals surface area contributed by atoms with Crippen LogP contribution < -0.4 is 10.6 Å². The third-order valence-corrected chi connectivity index (χ3v) is 6.06. The summed E-state index contributed by atoms with van der Waals surface area (Å²) in [5, 5.41) is 23.5. The van der Waals surface area contributed by atoms with E-state index < -0.39 is 49.1 Å². The lowest BCUT2D eigenvalue weighted by Gasteiger charge is -2.21. The fraction of sp³-hybridized carbons (Fsp3) is 0.333. The fourth-order valence-electron chi connectivity index (χ4n) is 4.46. The molecule has 0 saturated carbocycles. The summed E-state index contributed by atoms with van der Waals surface area (Å²) in [6.45, 7) is -0.853. The van der Waals surface area contributed by atoms with Crippen molar-refractivity contribution in [3.63, 3.8) is 0 Å². The molecule has 178 valence electrons. The van der Waals surface area contributed by atoms with E-state index in [2.05, 4.69) is 10.6 Å². The van der Waals surface area contributed by atoms with Crippen LogP contribution in [0.2, 0.25) is 0 Å². The zero-order chi connectivity index (χ0) is 24.2. The van der Waals surface area contributed by atoms with Crippen LogP contribution in [0, 0.1) is 0 Å². The van der Waals surface area contributed by atoms with Crippen LogP contribution in [-0.4, -0.2) is 77.4 Å². The zero-order valence-corrected chi connectivity index (χ0v) is 18.3. The van der Waals surface area contributed by atoms with E-state index in [0.717, 1.165) is 27.2 Å². The highest BCUT2D eigenvalue weighted by atomic mass is 16.5. The molecule has 0 spiro atoms. The largest absolute Gasteiger partial charge is 0.480 e. The van der Waals surface area contributed by atoms with Crippen molar-refractivity contribution < 1.29 is 34.1 Å². The molecule has 1 heterocycles. The smallest absolute Gasteiger partial charge is 0.407 e. The molecule has 3 amide bonds. The SMILES string of the molecule is O=C(CNC(=O)OCC1c2ccccc2-c2ccccc21)NCC(=O)N1C[C@H](O)C[C@@H]1C(=O)O. The lowest BCUT2D eigenvalue weighted by molar-refractivity contribution is -0.148. The lowest BCUT2D eigenvalue weighted by atomic mass is 9.98. The number of carbonyl (C=O) groups excluding carboxylic acids is 3. The van der Waals surface area contributed by atoms with E-state index in [4.69, 9.17) is 9.84 Å². The number of nitrogens with zero attached hydrogens (tertiary/aromatic N) is 1. The van der Waals surface area contributed by atoms with Crippen LogP contribution >= 0.6 is 0 Å². The highest BCUT2D eigenvalue weighted by Crippen LogP contribution is 2.44. The van der Waals surface area contributed by atoms with Crippen LogP contribution in [0.15, 0.2) is 48.5 Å². The zero-order valence-electron chi connectivity index (χ0n) is 18.3. The van der Waals surface area contributed by atoms with Crippen LogP contribution in [0.4, 0.5) is 4.79 Å². The first-order valence-electron chi connectivity index (χ1n) is 10.9. The van der Waals surface area contributed by atoms with E-state index >= 15 is 0 Å². The average Bonchev–Trinajstić information content (AvgIpc) is 3.38. The molecule has 2 aromatic carbocycles. The number of carboxylic acids is 1. The number of rotatable bonds is 7. The summed E-state index contributed by atoms with van der Waals surface area (Å²) in [5.74, 6) is -2.58. The highest BCUT2D eigenvalue weighted by molar-refractivity contribution is 5.89. The van der Waals surface area contributed by atoms with Crippen molar-refractivity contribution in [2.75, 3.05) is 26.2 Å². The molecule has 1 saturated heterocycles. The maximum atomic E-state index is 12.2. The Morgan fingerprint density at radius 3 is 2.18 bits per heavy atom. The number of benzene rings is 2. The quantitative estimate of drug-likeness (QED) is 0.469. The number of nitrogens with one attached hydrogen (secondary N) is 2. The molecule has 0 aromatic heterocycles. The maximum absolute atomic E-state index is 12.2. The predicted molar refractivity (Wildman–Crippen MR) is 120 cm³/mol. The number of β-amino-alcohol motifs (C(OH)–C–C–N with tert-alkyl or cyclic N) is 1. The predicted octanol–water partition coefficient (Wildman–Crippen LogP) is 0.688.